The van der Waals surface area contributed by atoms with E-state index in [4.69, 9.17) is 20.1 Å². The van der Waals surface area contributed by atoms with Crippen molar-refractivity contribution in [2.45, 2.75) is 36.8 Å². The van der Waals surface area contributed by atoms with E-state index in [1.165, 1.54) is 0 Å². The maximum atomic E-state index is 11.1. The molecule has 9 nitrogen and oxygen atoms in total. The summed E-state index contributed by atoms with van der Waals surface area (Å²) in [7, 11) is 0. The summed E-state index contributed by atoms with van der Waals surface area (Å²) >= 11 is 0. The number of ether oxygens (including phenoxy) is 2. The molecular formula is C9H16O9. The van der Waals surface area contributed by atoms with E-state index < -0.39 is 56.0 Å². The van der Waals surface area contributed by atoms with Crippen LogP contribution in [0.15, 0.2) is 0 Å². The Bertz CT molecular complexity index is 281. The first-order valence-corrected chi connectivity index (χ1v) is 5.22. The molecule has 6 N–H and O–H groups in total. The van der Waals surface area contributed by atoms with Gasteiger partial charge >= 0.3 is 5.97 Å². The largest absolute Gasteiger partial charge is 0.431 e. The van der Waals surface area contributed by atoms with Gasteiger partial charge in [0.2, 0.25) is 6.29 Å². The average molecular weight is 268 g/mol. The Morgan fingerprint density at radius 2 is 1.78 bits per heavy atom. The van der Waals surface area contributed by atoms with Gasteiger partial charge in [0.25, 0.3) is 0 Å². The molecule has 0 aromatic rings. The number of esters is 1. The minimum Gasteiger partial charge on any atom is -0.431 e. The van der Waals surface area contributed by atoms with Crippen LogP contribution in [-0.2, 0) is 14.3 Å². The molecule has 1 unspecified atom stereocenters. The SMILES string of the molecule is O=C(OC1O[C@H](CO)[C@@H](O)[C@H](O)[C@H]1O)[C@H](O)CO. The Morgan fingerprint density at radius 1 is 1.17 bits per heavy atom. The van der Waals surface area contributed by atoms with E-state index in [0.717, 1.165) is 0 Å². The van der Waals surface area contributed by atoms with Crippen LogP contribution in [0.5, 0.6) is 0 Å². The summed E-state index contributed by atoms with van der Waals surface area (Å²) in [5, 5.41) is 54.6. The maximum absolute atomic E-state index is 11.1. The molecule has 0 saturated carbocycles. The monoisotopic (exact) mass is 268 g/mol. The topological polar surface area (TPSA) is 157 Å². The van der Waals surface area contributed by atoms with Gasteiger partial charge in [-0.1, -0.05) is 0 Å². The van der Waals surface area contributed by atoms with Crippen LogP contribution < -0.4 is 0 Å². The van der Waals surface area contributed by atoms with Crippen LogP contribution in [0.3, 0.4) is 0 Å². The Morgan fingerprint density at radius 3 is 2.28 bits per heavy atom. The highest BCUT2D eigenvalue weighted by atomic mass is 16.7. The molecule has 6 atom stereocenters. The van der Waals surface area contributed by atoms with Crippen LogP contribution in [0.2, 0.25) is 0 Å². The van der Waals surface area contributed by atoms with Gasteiger partial charge in [0.05, 0.1) is 13.2 Å². The predicted molar refractivity (Wildman–Crippen MR) is 53.0 cm³/mol. The van der Waals surface area contributed by atoms with E-state index in [-0.39, 0.29) is 0 Å². The summed E-state index contributed by atoms with van der Waals surface area (Å²) < 4.78 is 9.35. The van der Waals surface area contributed by atoms with Crippen LogP contribution in [0.25, 0.3) is 0 Å². The zero-order valence-corrected chi connectivity index (χ0v) is 9.29. The van der Waals surface area contributed by atoms with Crippen molar-refractivity contribution < 1.29 is 44.9 Å². The fraction of sp³-hybridized carbons (Fsp3) is 0.889. The van der Waals surface area contributed by atoms with Crippen molar-refractivity contribution in [3.63, 3.8) is 0 Å². The van der Waals surface area contributed by atoms with Crippen LogP contribution >= 0.6 is 0 Å². The molecule has 1 aliphatic rings. The van der Waals surface area contributed by atoms with E-state index >= 15 is 0 Å². The summed E-state index contributed by atoms with van der Waals surface area (Å²) in [4.78, 5) is 11.1. The summed E-state index contributed by atoms with van der Waals surface area (Å²) in [6, 6.07) is 0. The molecule has 1 rings (SSSR count). The number of carbonyl (C=O) groups is 1. The minimum atomic E-state index is -1.81. The normalized spacial score (nSPS) is 38.2. The quantitative estimate of drug-likeness (QED) is 0.277. The van der Waals surface area contributed by atoms with Gasteiger partial charge < -0.3 is 40.1 Å². The van der Waals surface area contributed by atoms with Crippen molar-refractivity contribution in [1.29, 1.82) is 0 Å². The third-order valence-electron chi connectivity index (χ3n) is 2.53. The third kappa shape index (κ3) is 3.14. The van der Waals surface area contributed by atoms with Gasteiger partial charge in [-0.15, -0.1) is 0 Å². The number of hydrogen-bond donors (Lipinski definition) is 6. The minimum absolute atomic E-state index is 0.665. The molecule has 0 radical (unpaired) electrons. The number of hydrogen-bond acceptors (Lipinski definition) is 9. The van der Waals surface area contributed by atoms with Gasteiger partial charge in [-0.25, -0.2) is 4.79 Å². The third-order valence-corrected chi connectivity index (χ3v) is 2.53. The van der Waals surface area contributed by atoms with Crippen LogP contribution in [0, 0.1) is 0 Å². The molecule has 0 amide bonds. The second-order valence-corrected chi connectivity index (χ2v) is 3.83. The molecule has 18 heavy (non-hydrogen) atoms. The van der Waals surface area contributed by atoms with Crippen LogP contribution in [0.1, 0.15) is 0 Å². The molecule has 0 bridgehead atoms. The van der Waals surface area contributed by atoms with Gasteiger partial charge in [0, 0.05) is 0 Å². The second-order valence-electron chi connectivity index (χ2n) is 3.83. The van der Waals surface area contributed by atoms with Gasteiger partial charge in [0.1, 0.15) is 24.4 Å². The van der Waals surface area contributed by atoms with Crippen molar-refractivity contribution >= 4 is 5.97 Å². The molecule has 1 saturated heterocycles. The fourth-order valence-electron chi connectivity index (χ4n) is 1.43. The molecule has 9 heteroatoms. The summed E-state index contributed by atoms with van der Waals surface area (Å²) in [6.07, 6.45) is -9.67. The molecule has 0 aromatic heterocycles. The fourth-order valence-corrected chi connectivity index (χ4v) is 1.43. The second kappa shape index (κ2) is 6.38. The molecule has 1 aliphatic heterocycles. The van der Waals surface area contributed by atoms with Gasteiger partial charge in [0.15, 0.2) is 6.10 Å². The summed E-state index contributed by atoms with van der Waals surface area (Å²) in [5.74, 6) is -1.26. The molecule has 0 aliphatic carbocycles. The number of carbonyl (C=O) groups excluding carboxylic acids is 1. The molecule has 0 aromatic carbocycles. The van der Waals surface area contributed by atoms with E-state index in [1.807, 2.05) is 0 Å². The standard InChI is InChI=1S/C9H16O9/c10-1-3(12)8(16)18-9-7(15)6(14)5(13)4(2-11)17-9/h3-7,9-15H,1-2H2/t3-,4-,5-,6+,7-,9?/m1/s1. The van der Waals surface area contributed by atoms with Crippen molar-refractivity contribution in [1.82, 2.24) is 0 Å². The van der Waals surface area contributed by atoms with E-state index in [9.17, 15) is 20.1 Å². The van der Waals surface area contributed by atoms with E-state index in [2.05, 4.69) is 4.74 Å². The molecule has 106 valence electrons. The Hall–Kier alpha value is -0.810. The lowest BCUT2D eigenvalue weighted by atomic mass is 9.99. The number of rotatable bonds is 4. The molecular weight excluding hydrogens is 252 g/mol. The lowest BCUT2D eigenvalue weighted by Crippen LogP contribution is -2.59. The predicted octanol–water partition coefficient (Wildman–Crippen LogP) is -4.32. The average Bonchev–Trinajstić information content (AvgIpc) is 2.38. The van der Waals surface area contributed by atoms with E-state index in [0.29, 0.717) is 0 Å². The van der Waals surface area contributed by atoms with Gasteiger partial charge in [-0.2, -0.15) is 0 Å². The van der Waals surface area contributed by atoms with Crippen molar-refractivity contribution in [2.75, 3.05) is 13.2 Å². The highest BCUT2D eigenvalue weighted by Crippen LogP contribution is 2.22. The molecule has 1 heterocycles. The lowest BCUT2D eigenvalue weighted by molar-refractivity contribution is -0.294. The zero-order valence-electron chi connectivity index (χ0n) is 9.29. The van der Waals surface area contributed by atoms with Gasteiger partial charge in [-0.3, -0.25) is 0 Å². The Kier molecular flexibility index (Phi) is 5.41. The Labute approximate surface area is 102 Å². The Balaban J connectivity index is 2.67. The smallest absolute Gasteiger partial charge is 0.339 e. The highest BCUT2D eigenvalue weighted by molar-refractivity contribution is 5.74. The van der Waals surface area contributed by atoms with Crippen LogP contribution in [-0.4, -0.2) is 86.6 Å². The molecule has 1 fully saturated rings. The van der Waals surface area contributed by atoms with Crippen molar-refractivity contribution in [3.8, 4) is 0 Å². The summed E-state index contributed by atoms with van der Waals surface area (Å²) in [6.45, 7) is -1.54. The summed E-state index contributed by atoms with van der Waals surface area (Å²) in [5.41, 5.74) is 0. The first kappa shape index (κ1) is 15.2. The highest BCUT2D eigenvalue weighted by Gasteiger charge is 2.45. The van der Waals surface area contributed by atoms with Crippen LogP contribution in [0.4, 0.5) is 0 Å². The first-order valence-electron chi connectivity index (χ1n) is 5.22. The lowest BCUT2D eigenvalue weighted by Gasteiger charge is -2.39. The van der Waals surface area contributed by atoms with Crippen molar-refractivity contribution in [3.05, 3.63) is 0 Å². The number of aliphatic hydroxyl groups excluding tert-OH is 6. The first-order chi connectivity index (χ1) is 8.42. The van der Waals surface area contributed by atoms with Gasteiger partial charge in [-0.05, 0) is 0 Å². The number of aliphatic hydroxyl groups is 6. The maximum Gasteiger partial charge on any atom is 0.339 e. The van der Waals surface area contributed by atoms with E-state index in [1.54, 1.807) is 0 Å². The molecule has 0 spiro atoms. The van der Waals surface area contributed by atoms with Crippen molar-refractivity contribution in [2.24, 2.45) is 0 Å². The zero-order chi connectivity index (χ0) is 13.9.